The van der Waals surface area contributed by atoms with Crippen molar-refractivity contribution in [3.8, 4) is 11.1 Å². The van der Waals surface area contributed by atoms with Gasteiger partial charge in [0.15, 0.2) is 0 Å². The first-order valence-electron chi connectivity index (χ1n) is 4.99. The lowest BCUT2D eigenvalue weighted by molar-refractivity contribution is 0.622. The molecule has 0 radical (unpaired) electrons. The second kappa shape index (κ2) is 4.22. The fourth-order valence-electron chi connectivity index (χ4n) is 1.50. The molecule has 76 valence electrons. The molecule has 0 spiro atoms. The van der Waals surface area contributed by atoms with E-state index in [9.17, 15) is 4.39 Å². The van der Waals surface area contributed by atoms with E-state index in [0.29, 0.717) is 0 Å². The lowest BCUT2D eigenvalue weighted by atomic mass is 10.0. The Bertz CT molecular complexity index is 448. The lowest BCUT2D eigenvalue weighted by Gasteiger charge is -2.02. The molecule has 0 saturated heterocycles. The molecule has 0 aliphatic heterocycles. The molecule has 0 N–H and O–H groups in total. The van der Waals surface area contributed by atoms with E-state index in [1.54, 1.807) is 6.20 Å². The Labute approximate surface area is 88.6 Å². The van der Waals surface area contributed by atoms with E-state index in [-0.39, 0.29) is 5.82 Å². The fraction of sp³-hybridized carbons (Fsp3) is 0.154. The topological polar surface area (TPSA) is 12.9 Å². The van der Waals surface area contributed by atoms with Crippen LogP contribution in [0.1, 0.15) is 12.5 Å². The van der Waals surface area contributed by atoms with Gasteiger partial charge in [-0.05, 0) is 23.6 Å². The van der Waals surface area contributed by atoms with Gasteiger partial charge in [-0.2, -0.15) is 0 Å². The largest absolute Gasteiger partial charge is 0.261 e. The summed E-state index contributed by atoms with van der Waals surface area (Å²) in [6, 6.07) is 9.60. The zero-order chi connectivity index (χ0) is 10.7. The van der Waals surface area contributed by atoms with Gasteiger partial charge in [0.05, 0.1) is 6.20 Å². The van der Waals surface area contributed by atoms with Crippen molar-refractivity contribution in [3.63, 3.8) is 0 Å². The highest BCUT2D eigenvalue weighted by Gasteiger charge is 1.99. The average molecular weight is 201 g/mol. The maximum absolute atomic E-state index is 12.9. The number of hydrogen-bond donors (Lipinski definition) is 0. The number of hydrogen-bond acceptors (Lipinski definition) is 1. The third-order valence-corrected chi connectivity index (χ3v) is 2.40. The smallest absolute Gasteiger partial charge is 0.142 e. The van der Waals surface area contributed by atoms with Crippen molar-refractivity contribution in [1.82, 2.24) is 4.98 Å². The SMILES string of the molecule is CCc1ccc(-c2cncc(F)c2)cc1. The second-order valence-electron chi connectivity index (χ2n) is 3.44. The Kier molecular flexibility index (Phi) is 2.77. The summed E-state index contributed by atoms with van der Waals surface area (Å²) < 4.78 is 12.9. The van der Waals surface area contributed by atoms with Crippen LogP contribution in [0, 0.1) is 5.82 Å². The Hall–Kier alpha value is -1.70. The fourth-order valence-corrected chi connectivity index (χ4v) is 1.50. The molecule has 2 rings (SSSR count). The van der Waals surface area contributed by atoms with Crippen LogP contribution in [0.4, 0.5) is 4.39 Å². The van der Waals surface area contributed by atoms with Crippen LogP contribution in [0.5, 0.6) is 0 Å². The summed E-state index contributed by atoms with van der Waals surface area (Å²) >= 11 is 0. The van der Waals surface area contributed by atoms with Gasteiger partial charge in [0.25, 0.3) is 0 Å². The number of nitrogens with zero attached hydrogens (tertiary/aromatic N) is 1. The number of benzene rings is 1. The van der Waals surface area contributed by atoms with Gasteiger partial charge in [-0.15, -0.1) is 0 Å². The van der Waals surface area contributed by atoms with Gasteiger partial charge in [-0.1, -0.05) is 31.2 Å². The maximum Gasteiger partial charge on any atom is 0.142 e. The molecular formula is C13H12FN. The maximum atomic E-state index is 12.9. The Morgan fingerprint density at radius 3 is 2.40 bits per heavy atom. The summed E-state index contributed by atoms with van der Waals surface area (Å²) in [5.74, 6) is -0.299. The first kappa shape index (κ1) is 9.84. The zero-order valence-electron chi connectivity index (χ0n) is 8.57. The molecular weight excluding hydrogens is 189 g/mol. The molecule has 0 fully saturated rings. The van der Waals surface area contributed by atoms with Gasteiger partial charge in [0.2, 0.25) is 0 Å². The third-order valence-electron chi connectivity index (χ3n) is 2.40. The minimum Gasteiger partial charge on any atom is -0.261 e. The zero-order valence-corrected chi connectivity index (χ0v) is 8.57. The van der Waals surface area contributed by atoms with Crippen molar-refractivity contribution in [2.45, 2.75) is 13.3 Å². The van der Waals surface area contributed by atoms with Crippen molar-refractivity contribution in [1.29, 1.82) is 0 Å². The number of aryl methyl sites for hydroxylation is 1. The summed E-state index contributed by atoms with van der Waals surface area (Å²) in [4.78, 5) is 3.83. The molecule has 0 atom stereocenters. The van der Waals surface area contributed by atoms with E-state index in [2.05, 4.69) is 24.0 Å². The van der Waals surface area contributed by atoms with E-state index in [0.717, 1.165) is 17.5 Å². The van der Waals surface area contributed by atoms with Crippen molar-refractivity contribution in [2.24, 2.45) is 0 Å². The van der Waals surface area contributed by atoms with Gasteiger partial charge in [0.1, 0.15) is 5.82 Å². The van der Waals surface area contributed by atoms with E-state index < -0.39 is 0 Å². The number of halogens is 1. The highest BCUT2D eigenvalue weighted by Crippen LogP contribution is 2.19. The van der Waals surface area contributed by atoms with Crippen LogP contribution in [0.25, 0.3) is 11.1 Å². The number of rotatable bonds is 2. The molecule has 0 unspecified atom stereocenters. The monoisotopic (exact) mass is 201 g/mol. The predicted octanol–water partition coefficient (Wildman–Crippen LogP) is 3.45. The molecule has 1 heterocycles. The Morgan fingerprint density at radius 2 is 1.80 bits per heavy atom. The number of aromatic nitrogens is 1. The quantitative estimate of drug-likeness (QED) is 0.725. The van der Waals surface area contributed by atoms with Crippen molar-refractivity contribution < 1.29 is 4.39 Å². The van der Waals surface area contributed by atoms with Gasteiger partial charge < -0.3 is 0 Å². The van der Waals surface area contributed by atoms with E-state index >= 15 is 0 Å². The van der Waals surface area contributed by atoms with Gasteiger partial charge in [0, 0.05) is 11.8 Å². The number of pyridine rings is 1. The van der Waals surface area contributed by atoms with Crippen molar-refractivity contribution >= 4 is 0 Å². The standard InChI is InChI=1S/C13H12FN/c1-2-10-3-5-11(6-4-10)12-7-13(14)9-15-8-12/h3-9H,2H2,1H3. The molecule has 0 saturated carbocycles. The van der Waals surface area contributed by atoms with E-state index in [4.69, 9.17) is 0 Å². The minimum atomic E-state index is -0.299. The van der Waals surface area contributed by atoms with Crippen LogP contribution in [0.15, 0.2) is 42.7 Å². The molecule has 0 amide bonds. The minimum absolute atomic E-state index is 0.299. The summed E-state index contributed by atoms with van der Waals surface area (Å²) in [5.41, 5.74) is 3.10. The van der Waals surface area contributed by atoms with Crippen molar-refractivity contribution in [2.75, 3.05) is 0 Å². The van der Waals surface area contributed by atoms with Gasteiger partial charge in [-0.25, -0.2) is 4.39 Å². The highest BCUT2D eigenvalue weighted by molar-refractivity contribution is 5.62. The van der Waals surface area contributed by atoms with Crippen LogP contribution in [-0.4, -0.2) is 4.98 Å². The summed E-state index contributed by atoms with van der Waals surface area (Å²) in [7, 11) is 0. The first-order valence-corrected chi connectivity index (χ1v) is 4.99. The Morgan fingerprint density at radius 1 is 1.07 bits per heavy atom. The molecule has 15 heavy (non-hydrogen) atoms. The molecule has 0 bridgehead atoms. The van der Waals surface area contributed by atoms with E-state index in [1.807, 2.05) is 12.1 Å². The van der Waals surface area contributed by atoms with Crippen LogP contribution in [0.2, 0.25) is 0 Å². The van der Waals surface area contributed by atoms with Gasteiger partial charge in [-0.3, -0.25) is 4.98 Å². The summed E-state index contributed by atoms with van der Waals surface area (Å²) in [5, 5.41) is 0. The lowest BCUT2D eigenvalue weighted by Crippen LogP contribution is -1.84. The summed E-state index contributed by atoms with van der Waals surface area (Å²) in [6.07, 6.45) is 3.90. The molecule has 2 aromatic rings. The van der Waals surface area contributed by atoms with Crippen LogP contribution in [-0.2, 0) is 6.42 Å². The predicted molar refractivity (Wildman–Crippen MR) is 59.0 cm³/mol. The molecule has 2 heteroatoms. The van der Waals surface area contributed by atoms with Crippen LogP contribution < -0.4 is 0 Å². The molecule has 1 aromatic carbocycles. The third kappa shape index (κ3) is 2.21. The van der Waals surface area contributed by atoms with Crippen LogP contribution >= 0.6 is 0 Å². The normalized spacial score (nSPS) is 10.3. The average Bonchev–Trinajstić information content (AvgIpc) is 2.29. The second-order valence-corrected chi connectivity index (χ2v) is 3.44. The molecule has 1 aromatic heterocycles. The van der Waals surface area contributed by atoms with Gasteiger partial charge >= 0.3 is 0 Å². The molecule has 0 aliphatic carbocycles. The van der Waals surface area contributed by atoms with Crippen LogP contribution in [0.3, 0.4) is 0 Å². The first-order chi connectivity index (χ1) is 7.29. The Balaban J connectivity index is 2.37. The highest BCUT2D eigenvalue weighted by atomic mass is 19.1. The molecule has 1 nitrogen and oxygen atoms in total. The summed E-state index contributed by atoms with van der Waals surface area (Å²) in [6.45, 7) is 2.11. The molecule has 0 aliphatic rings. The van der Waals surface area contributed by atoms with Crippen molar-refractivity contribution in [3.05, 3.63) is 54.1 Å². The van der Waals surface area contributed by atoms with E-state index in [1.165, 1.54) is 17.8 Å².